The summed E-state index contributed by atoms with van der Waals surface area (Å²) in [4.78, 5) is 4.57. The van der Waals surface area contributed by atoms with Crippen molar-refractivity contribution >= 4 is 5.71 Å². The van der Waals surface area contributed by atoms with Crippen LogP contribution in [0.3, 0.4) is 0 Å². The van der Waals surface area contributed by atoms with Gasteiger partial charge in [0.05, 0.1) is 0 Å². The molecule has 0 radical (unpaired) electrons. The molecule has 0 aromatic heterocycles. The van der Waals surface area contributed by atoms with E-state index >= 15 is 0 Å². The highest BCUT2D eigenvalue weighted by Crippen LogP contribution is 2.51. The van der Waals surface area contributed by atoms with Gasteiger partial charge < -0.3 is 9.47 Å². The maximum atomic E-state index is 14.4. The number of ether oxygens (including phenoxy) is 2. The van der Waals surface area contributed by atoms with Crippen molar-refractivity contribution in [3.05, 3.63) is 108 Å². The second-order valence-electron chi connectivity index (χ2n) is 6.62. The Morgan fingerprint density at radius 3 is 1.62 bits per heavy atom. The van der Waals surface area contributed by atoms with Gasteiger partial charge in [-0.25, -0.2) is 4.99 Å². The van der Waals surface area contributed by atoms with Crippen molar-refractivity contribution in [1.82, 2.24) is 0 Å². The molecule has 6 heteroatoms. The summed E-state index contributed by atoms with van der Waals surface area (Å²) in [5.41, 5.74) is -0.800. The zero-order chi connectivity index (χ0) is 20.5. The standard InChI is InChI=1S/C23H18F3NO2/c1-28-22(23(24,25)26)20(17-11-5-2-6-12-17)27-21(29-22,18-13-7-3-8-14-18)19-15-9-4-10-16-19/h2-16H,1H3. The summed E-state index contributed by atoms with van der Waals surface area (Å²) < 4.78 is 54.1. The fourth-order valence-corrected chi connectivity index (χ4v) is 3.55. The van der Waals surface area contributed by atoms with Crippen LogP contribution in [-0.2, 0) is 15.2 Å². The molecule has 0 saturated heterocycles. The lowest BCUT2D eigenvalue weighted by atomic mass is 9.95. The molecule has 3 nitrogen and oxygen atoms in total. The second-order valence-corrected chi connectivity index (χ2v) is 6.62. The minimum Gasteiger partial charge on any atom is -0.341 e. The number of rotatable bonds is 4. The highest BCUT2D eigenvalue weighted by Gasteiger charge is 2.68. The third-order valence-electron chi connectivity index (χ3n) is 4.91. The Bertz CT molecular complexity index is 965. The Kier molecular flexibility index (Phi) is 4.76. The minimum atomic E-state index is -4.86. The van der Waals surface area contributed by atoms with E-state index in [1.807, 2.05) is 0 Å². The van der Waals surface area contributed by atoms with Gasteiger partial charge in [-0.3, -0.25) is 0 Å². The molecule has 1 aliphatic rings. The van der Waals surface area contributed by atoms with Crippen molar-refractivity contribution in [3.63, 3.8) is 0 Å². The minimum absolute atomic E-state index is 0.278. The zero-order valence-corrected chi connectivity index (χ0v) is 15.6. The number of nitrogens with zero attached hydrogens (tertiary/aromatic N) is 1. The molecule has 0 aliphatic carbocycles. The molecule has 3 aromatic rings. The number of benzene rings is 3. The third kappa shape index (κ3) is 3.05. The molecule has 4 rings (SSSR count). The van der Waals surface area contributed by atoms with Crippen molar-refractivity contribution in [2.45, 2.75) is 17.7 Å². The van der Waals surface area contributed by atoms with Crippen LogP contribution < -0.4 is 0 Å². The molecular formula is C23H18F3NO2. The summed E-state index contributed by atoms with van der Waals surface area (Å²) >= 11 is 0. The second kappa shape index (κ2) is 7.13. The van der Waals surface area contributed by atoms with Crippen molar-refractivity contribution in [3.8, 4) is 0 Å². The molecule has 0 amide bonds. The first-order valence-corrected chi connectivity index (χ1v) is 9.02. The van der Waals surface area contributed by atoms with E-state index in [4.69, 9.17) is 9.47 Å². The van der Waals surface area contributed by atoms with Gasteiger partial charge in [-0.1, -0.05) is 91.0 Å². The third-order valence-corrected chi connectivity index (χ3v) is 4.91. The fourth-order valence-electron chi connectivity index (χ4n) is 3.55. The first-order chi connectivity index (χ1) is 13.9. The lowest BCUT2D eigenvalue weighted by Crippen LogP contribution is -2.55. The van der Waals surface area contributed by atoms with Crippen molar-refractivity contribution < 1.29 is 22.6 Å². The van der Waals surface area contributed by atoms with Gasteiger partial charge >= 0.3 is 12.0 Å². The van der Waals surface area contributed by atoms with Gasteiger partial charge in [0.1, 0.15) is 5.71 Å². The number of hydrogen-bond donors (Lipinski definition) is 0. The van der Waals surface area contributed by atoms with Crippen LogP contribution in [-0.4, -0.2) is 24.8 Å². The summed E-state index contributed by atoms with van der Waals surface area (Å²) in [5, 5.41) is 0. The Hall–Kier alpha value is -2.96. The van der Waals surface area contributed by atoms with Gasteiger partial charge in [0.15, 0.2) is 0 Å². The lowest BCUT2D eigenvalue weighted by Gasteiger charge is -2.35. The maximum absolute atomic E-state index is 14.4. The monoisotopic (exact) mass is 397 g/mol. The number of hydrogen-bond acceptors (Lipinski definition) is 3. The van der Waals surface area contributed by atoms with Crippen LogP contribution in [0.15, 0.2) is 96.0 Å². The molecule has 1 aliphatic heterocycles. The van der Waals surface area contributed by atoms with Crippen LogP contribution in [0.4, 0.5) is 13.2 Å². The number of aliphatic imine (C=N–C) groups is 1. The molecular weight excluding hydrogens is 379 g/mol. The molecule has 0 fully saturated rings. The van der Waals surface area contributed by atoms with Crippen LogP contribution in [0.1, 0.15) is 16.7 Å². The van der Waals surface area contributed by atoms with Crippen molar-refractivity contribution in [1.29, 1.82) is 0 Å². The number of methoxy groups -OCH3 is 1. The van der Waals surface area contributed by atoms with E-state index in [9.17, 15) is 13.2 Å². The molecule has 0 bridgehead atoms. The Balaban J connectivity index is 2.04. The van der Waals surface area contributed by atoms with Crippen LogP contribution in [0.5, 0.6) is 0 Å². The predicted molar refractivity (Wildman–Crippen MR) is 104 cm³/mol. The smallest absolute Gasteiger partial charge is 0.341 e. The van der Waals surface area contributed by atoms with Crippen LogP contribution in [0.25, 0.3) is 0 Å². The Morgan fingerprint density at radius 2 is 1.21 bits per heavy atom. The molecule has 0 saturated carbocycles. The SMILES string of the molecule is COC1(C(F)(F)F)OC(c2ccccc2)(c2ccccc2)N=C1c1ccccc1. The lowest BCUT2D eigenvalue weighted by molar-refractivity contribution is -0.353. The summed E-state index contributed by atoms with van der Waals surface area (Å²) in [6.45, 7) is 0. The molecule has 148 valence electrons. The summed E-state index contributed by atoms with van der Waals surface area (Å²) in [6.07, 6.45) is -4.86. The van der Waals surface area contributed by atoms with Crippen LogP contribution in [0.2, 0.25) is 0 Å². The molecule has 1 unspecified atom stereocenters. The van der Waals surface area contributed by atoms with Gasteiger partial charge in [0.2, 0.25) is 5.72 Å². The molecule has 0 N–H and O–H groups in total. The molecule has 29 heavy (non-hydrogen) atoms. The Labute approximate surface area is 166 Å². The van der Waals surface area contributed by atoms with E-state index in [1.54, 1.807) is 91.0 Å². The van der Waals surface area contributed by atoms with Gasteiger partial charge in [0.25, 0.3) is 0 Å². The van der Waals surface area contributed by atoms with Crippen LogP contribution >= 0.6 is 0 Å². The predicted octanol–water partition coefficient (Wildman–Crippen LogP) is 5.31. The number of halogens is 3. The van der Waals surface area contributed by atoms with E-state index in [0.29, 0.717) is 11.1 Å². The van der Waals surface area contributed by atoms with Crippen LogP contribution in [0, 0.1) is 0 Å². The molecule has 0 spiro atoms. The van der Waals surface area contributed by atoms with Gasteiger partial charge in [-0.2, -0.15) is 13.2 Å². The van der Waals surface area contributed by atoms with Gasteiger partial charge in [0, 0.05) is 23.8 Å². The topological polar surface area (TPSA) is 30.8 Å². The highest BCUT2D eigenvalue weighted by molar-refractivity contribution is 6.07. The van der Waals surface area contributed by atoms with E-state index in [0.717, 1.165) is 7.11 Å². The summed E-state index contributed by atoms with van der Waals surface area (Å²) in [6, 6.07) is 25.5. The highest BCUT2D eigenvalue weighted by atomic mass is 19.4. The Morgan fingerprint density at radius 1 is 0.759 bits per heavy atom. The zero-order valence-electron chi connectivity index (χ0n) is 15.6. The van der Waals surface area contributed by atoms with E-state index in [-0.39, 0.29) is 11.3 Å². The first kappa shape index (κ1) is 19.4. The maximum Gasteiger partial charge on any atom is 0.450 e. The molecule has 3 aromatic carbocycles. The van der Waals surface area contributed by atoms with Crippen molar-refractivity contribution in [2.75, 3.05) is 7.11 Å². The average Bonchev–Trinajstić information content (AvgIpc) is 3.14. The quantitative estimate of drug-likeness (QED) is 0.597. The average molecular weight is 397 g/mol. The molecule has 1 heterocycles. The van der Waals surface area contributed by atoms with E-state index in [2.05, 4.69) is 4.99 Å². The summed E-state index contributed by atoms with van der Waals surface area (Å²) in [7, 11) is 0.984. The van der Waals surface area contributed by atoms with Gasteiger partial charge in [-0.05, 0) is 0 Å². The van der Waals surface area contributed by atoms with E-state index < -0.39 is 17.7 Å². The summed E-state index contributed by atoms with van der Waals surface area (Å²) in [5.74, 6) is -3.01. The largest absolute Gasteiger partial charge is 0.450 e. The van der Waals surface area contributed by atoms with E-state index in [1.165, 1.54) is 0 Å². The first-order valence-electron chi connectivity index (χ1n) is 9.02. The molecule has 1 atom stereocenters. The van der Waals surface area contributed by atoms with Gasteiger partial charge in [-0.15, -0.1) is 0 Å². The fraction of sp³-hybridized carbons (Fsp3) is 0.174. The number of alkyl halides is 3. The normalized spacial score (nSPS) is 21.0. The van der Waals surface area contributed by atoms with Crippen molar-refractivity contribution in [2.24, 2.45) is 4.99 Å².